The van der Waals surface area contributed by atoms with Crippen LogP contribution in [0.25, 0.3) is 0 Å². The van der Waals surface area contributed by atoms with Crippen LogP contribution >= 0.6 is 11.3 Å². The number of hydrogen-bond donors (Lipinski definition) is 3. The molecule has 0 aliphatic carbocycles. The molecule has 0 saturated carbocycles. The van der Waals surface area contributed by atoms with E-state index in [2.05, 4.69) is 36.4 Å². The summed E-state index contributed by atoms with van der Waals surface area (Å²) in [4.78, 5) is 16.4. The molecule has 2 rings (SSSR count). The lowest BCUT2D eigenvalue weighted by Crippen LogP contribution is -2.40. The Labute approximate surface area is 117 Å². The van der Waals surface area contributed by atoms with Gasteiger partial charge in [0.15, 0.2) is 0 Å². The number of thiazole rings is 1. The lowest BCUT2D eigenvalue weighted by atomic mass is 9.93. The van der Waals surface area contributed by atoms with Crippen LogP contribution in [0.15, 0.2) is 5.38 Å². The molecule has 1 aromatic rings. The first kappa shape index (κ1) is 14.4. The second kappa shape index (κ2) is 5.56. The van der Waals surface area contributed by atoms with E-state index in [4.69, 9.17) is 0 Å². The predicted molar refractivity (Wildman–Crippen MR) is 75.1 cm³/mol. The predicted octanol–water partition coefficient (Wildman–Crippen LogP) is 0.780. The lowest BCUT2D eigenvalue weighted by molar-refractivity contribution is -0.123. The van der Waals surface area contributed by atoms with E-state index in [0.29, 0.717) is 19.5 Å². The maximum absolute atomic E-state index is 11.9. The molecule has 1 aromatic heterocycles. The fourth-order valence-corrected chi connectivity index (χ4v) is 2.90. The van der Waals surface area contributed by atoms with E-state index in [-0.39, 0.29) is 17.4 Å². The Morgan fingerprint density at radius 2 is 2.37 bits per heavy atom. The van der Waals surface area contributed by atoms with E-state index < -0.39 is 6.10 Å². The number of aliphatic hydroxyl groups excluding tert-OH is 1. The Hall–Kier alpha value is -0.980. The molecule has 2 heterocycles. The number of β-amino-alcohol motifs (C(OH)–C–C–N with tert-alkyl or cyclic N) is 1. The SMILES string of the molecule is CC(C)(C)c1csc(CNC(=O)[C@@H]2C[C@H](O)CN2)n1. The molecule has 0 bridgehead atoms. The monoisotopic (exact) mass is 283 g/mol. The quantitative estimate of drug-likeness (QED) is 0.766. The minimum Gasteiger partial charge on any atom is -0.392 e. The fourth-order valence-electron chi connectivity index (χ4n) is 1.94. The standard InChI is InChI=1S/C13H21N3O2S/c1-13(2,3)10-7-19-11(16-10)6-15-12(18)9-4-8(17)5-14-9/h7-9,14,17H,4-6H2,1-3H3,(H,15,18)/t8-,9-/m0/s1. The number of rotatable bonds is 3. The highest BCUT2D eigenvalue weighted by Gasteiger charge is 2.27. The van der Waals surface area contributed by atoms with E-state index in [1.807, 2.05) is 5.38 Å². The van der Waals surface area contributed by atoms with Crippen molar-refractivity contribution in [2.24, 2.45) is 0 Å². The van der Waals surface area contributed by atoms with Crippen molar-refractivity contribution in [2.45, 2.75) is 51.3 Å². The number of aliphatic hydroxyl groups is 1. The van der Waals surface area contributed by atoms with Gasteiger partial charge >= 0.3 is 0 Å². The van der Waals surface area contributed by atoms with Gasteiger partial charge in [0, 0.05) is 17.3 Å². The molecular weight excluding hydrogens is 262 g/mol. The van der Waals surface area contributed by atoms with Gasteiger partial charge in [-0.15, -0.1) is 11.3 Å². The Morgan fingerprint density at radius 3 is 2.89 bits per heavy atom. The number of amides is 1. The largest absolute Gasteiger partial charge is 0.392 e. The molecule has 0 radical (unpaired) electrons. The van der Waals surface area contributed by atoms with Gasteiger partial charge in [-0.25, -0.2) is 4.98 Å². The number of aromatic nitrogens is 1. The highest BCUT2D eigenvalue weighted by molar-refractivity contribution is 7.09. The summed E-state index contributed by atoms with van der Waals surface area (Å²) in [5, 5.41) is 18.2. The molecule has 106 valence electrons. The highest BCUT2D eigenvalue weighted by Crippen LogP contribution is 2.23. The van der Waals surface area contributed by atoms with Gasteiger partial charge < -0.3 is 15.7 Å². The summed E-state index contributed by atoms with van der Waals surface area (Å²) in [5.41, 5.74) is 1.09. The molecular formula is C13H21N3O2S. The number of hydrogen-bond acceptors (Lipinski definition) is 5. The first-order valence-corrected chi connectivity index (χ1v) is 7.38. The second-order valence-corrected chi connectivity index (χ2v) is 6.89. The third kappa shape index (κ3) is 3.75. The topological polar surface area (TPSA) is 74.2 Å². The molecule has 1 aliphatic heterocycles. The molecule has 6 heteroatoms. The molecule has 1 aliphatic rings. The van der Waals surface area contributed by atoms with Gasteiger partial charge in [-0.05, 0) is 6.42 Å². The van der Waals surface area contributed by atoms with Crippen LogP contribution in [0.1, 0.15) is 37.9 Å². The Balaban J connectivity index is 1.85. The van der Waals surface area contributed by atoms with Crippen molar-refractivity contribution >= 4 is 17.2 Å². The summed E-state index contributed by atoms with van der Waals surface area (Å²) in [5.74, 6) is -0.0657. The van der Waals surface area contributed by atoms with Crippen LogP contribution in [-0.2, 0) is 16.8 Å². The van der Waals surface area contributed by atoms with Crippen molar-refractivity contribution in [3.63, 3.8) is 0 Å². The molecule has 5 nitrogen and oxygen atoms in total. The number of carbonyl (C=O) groups excluding carboxylic acids is 1. The number of carbonyl (C=O) groups is 1. The summed E-state index contributed by atoms with van der Waals surface area (Å²) in [6, 6.07) is -0.281. The number of nitrogens with zero attached hydrogens (tertiary/aromatic N) is 1. The van der Waals surface area contributed by atoms with Crippen LogP contribution in [0.3, 0.4) is 0 Å². The zero-order valence-electron chi connectivity index (χ0n) is 11.6. The summed E-state index contributed by atoms with van der Waals surface area (Å²) in [6.45, 7) is 7.30. The minimum absolute atomic E-state index is 0.0376. The number of nitrogens with one attached hydrogen (secondary N) is 2. The maximum atomic E-state index is 11.9. The Bertz CT molecular complexity index is 453. The molecule has 0 unspecified atom stereocenters. The van der Waals surface area contributed by atoms with Crippen molar-refractivity contribution in [3.8, 4) is 0 Å². The average Bonchev–Trinajstić information content (AvgIpc) is 2.93. The maximum Gasteiger partial charge on any atom is 0.237 e. The second-order valence-electron chi connectivity index (χ2n) is 5.94. The van der Waals surface area contributed by atoms with Gasteiger partial charge in [0.05, 0.1) is 24.4 Å². The van der Waals surface area contributed by atoms with E-state index in [9.17, 15) is 9.90 Å². The highest BCUT2D eigenvalue weighted by atomic mass is 32.1. The molecule has 1 fully saturated rings. The van der Waals surface area contributed by atoms with E-state index in [1.165, 1.54) is 0 Å². The molecule has 1 amide bonds. The molecule has 19 heavy (non-hydrogen) atoms. The normalized spacial score (nSPS) is 23.6. The van der Waals surface area contributed by atoms with Crippen LogP contribution in [0, 0.1) is 0 Å². The van der Waals surface area contributed by atoms with E-state index >= 15 is 0 Å². The first-order chi connectivity index (χ1) is 8.86. The van der Waals surface area contributed by atoms with Gasteiger partial charge in [-0.3, -0.25) is 4.79 Å². The van der Waals surface area contributed by atoms with Crippen LogP contribution in [0.4, 0.5) is 0 Å². The van der Waals surface area contributed by atoms with Crippen molar-refractivity contribution in [3.05, 3.63) is 16.1 Å². The molecule has 1 saturated heterocycles. The molecule has 0 aromatic carbocycles. The van der Waals surface area contributed by atoms with Gasteiger partial charge in [-0.2, -0.15) is 0 Å². The summed E-state index contributed by atoms with van der Waals surface area (Å²) in [7, 11) is 0. The molecule has 0 spiro atoms. The molecule has 2 atom stereocenters. The van der Waals surface area contributed by atoms with Crippen molar-refractivity contribution in [1.82, 2.24) is 15.6 Å². The smallest absolute Gasteiger partial charge is 0.237 e. The van der Waals surface area contributed by atoms with Gasteiger partial charge in [0.2, 0.25) is 5.91 Å². The van der Waals surface area contributed by atoms with Crippen LogP contribution in [0.5, 0.6) is 0 Å². The minimum atomic E-state index is -0.414. The summed E-state index contributed by atoms with van der Waals surface area (Å²) in [6.07, 6.45) is 0.0693. The summed E-state index contributed by atoms with van der Waals surface area (Å²) >= 11 is 1.57. The Kier molecular flexibility index (Phi) is 4.23. The third-order valence-corrected chi connectivity index (χ3v) is 4.01. The Morgan fingerprint density at radius 1 is 1.63 bits per heavy atom. The van der Waals surface area contributed by atoms with Crippen LogP contribution < -0.4 is 10.6 Å². The van der Waals surface area contributed by atoms with E-state index in [0.717, 1.165) is 10.7 Å². The first-order valence-electron chi connectivity index (χ1n) is 6.50. The van der Waals surface area contributed by atoms with Crippen molar-refractivity contribution in [1.29, 1.82) is 0 Å². The molecule has 3 N–H and O–H groups in total. The van der Waals surface area contributed by atoms with Gasteiger partial charge in [0.25, 0.3) is 0 Å². The van der Waals surface area contributed by atoms with Crippen LogP contribution in [-0.4, -0.2) is 34.7 Å². The third-order valence-electron chi connectivity index (χ3n) is 3.16. The average molecular weight is 283 g/mol. The zero-order chi connectivity index (χ0) is 14.0. The van der Waals surface area contributed by atoms with Crippen molar-refractivity contribution < 1.29 is 9.90 Å². The lowest BCUT2D eigenvalue weighted by Gasteiger charge is -2.14. The van der Waals surface area contributed by atoms with E-state index in [1.54, 1.807) is 11.3 Å². The zero-order valence-corrected chi connectivity index (χ0v) is 12.4. The van der Waals surface area contributed by atoms with Crippen LogP contribution in [0.2, 0.25) is 0 Å². The van der Waals surface area contributed by atoms with Gasteiger partial charge in [0.1, 0.15) is 5.01 Å². The van der Waals surface area contributed by atoms with Crippen molar-refractivity contribution in [2.75, 3.05) is 6.54 Å². The fraction of sp³-hybridized carbons (Fsp3) is 0.692. The van der Waals surface area contributed by atoms with Gasteiger partial charge in [-0.1, -0.05) is 20.8 Å². The summed E-state index contributed by atoms with van der Waals surface area (Å²) < 4.78 is 0.